The minimum absolute atomic E-state index is 0.0636. The summed E-state index contributed by atoms with van der Waals surface area (Å²) in [5.74, 6) is 0.516. The topological polar surface area (TPSA) is 33.5 Å². The van der Waals surface area contributed by atoms with Crippen LogP contribution in [0.1, 0.15) is 36.4 Å². The van der Waals surface area contributed by atoms with Crippen molar-refractivity contribution in [1.82, 2.24) is 4.90 Å². The Balaban J connectivity index is 1.91. The molecule has 0 amide bonds. The Labute approximate surface area is 120 Å². The minimum atomic E-state index is 0.0636. The first-order valence-corrected chi connectivity index (χ1v) is 7.01. The van der Waals surface area contributed by atoms with Gasteiger partial charge < -0.3 is 4.42 Å². The highest BCUT2D eigenvalue weighted by Crippen LogP contribution is 2.11. The van der Waals surface area contributed by atoms with Crippen LogP contribution < -0.4 is 0 Å². The molecule has 0 aliphatic heterocycles. The molecule has 0 spiro atoms. The summed E-state index contributed by atoms with van der Waals surface area (Å²) in [6.07, 6.45) is 2.02. The molecule has 0 bridgehead atoms. The summed E-state index contributed by atoms with van der Waals surface area (Å²) in [5.41, 5.74) is 1.27. The van der Waals surface area contributed by atoms with Crippen molar-refractivity contribution in [3.8, 4) is 0 Å². The van der Waals surface area contributed by atoms with Crippen LogP contribution in [-0.2, 0) is 6.54 Å². The second-order valence-corrected chi connectivity index (χ2v) is 5.20. The lowest BCUT2D eigenvalue weighted by atomic mass is 10.1. The third-order valence-electron chi connectivity index (χ3n) is 3.38. The zero-order chi connectivity index (χ0) is 14.4. The Bertz CT molecular complexity index is 517. The molecule has 2 rings (SSSR count). The normalized spacial score (nSPS) is 11.2. The number of rotatable bonds is 7. The van der Waals surface area contributed by atoms with Gasteiger partial charge in [0.25, 0.3) is 0 Å². The van der Waals surface area contributed by atoms with Crippen molar-refractivity contribution in [2.75, 3.05) is 6.54 Å². The van der Waals surface area contributed by atoms with Crippen LogP contribution in [0.25, 0.3) is 0 Å². The van der Waals surface area contributed by atoms with Crippen molar-refractivity contribution in [3.63, 3.8) is 0 Å². The lowest BCUT2D eigenvalue weighted by Gasteiger charge is -2.26. The molecule has 0 aliphatic rings. The second kappa shape index (κ2) is 7.06. The van der Waals surface area contributed by atoms with E-state index in [1.165, 1.54) is 11.8 Å². The third-order valence-corrected chi connectivity index (χ3v) is 3.38. The maximum absolute atomic E-state index is 12.0. The van der Waals surface area contributed by atoms with Crippen molar-refractivity contribution in [2.45, 2.75) is 32.9 Å². The smallest absolute Gasteiger partial charge is 0.199 e. The third kappa shape index (κ3) is 4.07. The lowest BCUT2D eigenvalue weighted by Crippen LogP contribution is -2.32. The predicted octanol–water partition coefficient (Wildman–Crippen LogP) is 3.76. The molecule has 0 saturated heterocycles. The number of ketones is 1. The number of hydrogen-bond acceptors (Lipinski definition) is 3. The summed E-state index contributed by atoms with van der Waals surface area (Å²) in [7, 11) is 0. The van der Waals surface area contributed by atoms with Crippen LogP contribution in [0.4, 0.5) is 0 Å². The average Bonchev–Trinajstić information content (AvgIpc) is 2.98. The number of Topliss-reactive ketones (excluding diaryl/α,β-unsaturated/α-hetero) is 1. The van der Waals surface area contributed by atoms with E-state index in [9.17, 15) is 4.79 Å². The minimum Gasteiger partial charge on any atom is -0.461 e. The molecule has 106 valence electrons. The van der Waals surface area contributed by atoms with Gasteiger partial charge >= 0.3 is 0 Å². The average molecular weight is 271 g/mol. The molecule has 0 aliphatic carbocycles. The van der Waals surface area contributed by atoms with Gasteiger partial charge in [0.05, 0.1) is 6.26 Å². The van der Waals surface area contributed by atoms with Gasteiger partial charge in [0.1, 0.15) is 0 Å². The standard InChI is InChI=1S/C17H21NO2/c1-14(2)18(13-15-7-4-3-5-8-15)11-10-16(19)17-9-6-12-20-17/h3-9,12,14H,10-11,13H2,1-2H3. The molecule has 0 fully saturated rings. The molecular formula is C17H21NO2. The Kier molecular flexibility index (Phi) is 5.13. The highest BCUT2D eigenvalue weighted by molar-refractivity contribution is 5.93. The molecule has 3 heteroatoms. The summed E-state index contributed by atoms with van der Waals surface area (Å²) in [4.78, 5) is 14.3. The maximum Gasteiger partial charge on any atom is 0.199 e. The summed E-state index contributed by atoms with van der Waals surface area (Å²) >= 11 is 0. The highest BCUT2D eigenvalue weighted by atomic mass is 16.3. The van der Waals surface area contributed by atoms with Crippen LogP contribution in [0.5, 0.6) is 0 Å². The van der Waals surface area contributed by atoms with Crippen LogP contribution >= 0.6 is 0 Å². The van der Waals surface area contributed by atoms with Crippen LogP contribution in [0.15, 0.2) is 53.1 Å². The molecule has 1 aromatic carbocycles. The van der Waals surface area contributed by atoms with Gasteiger partial charge in [-0.25, -0.2) is 0 Å². The van der Waals surface area contributed by atoms with Gasteiger partial charge in [-0.05, 0) is 31.5 Å². The van der Waals surface area contributed by atoms with E-state index in [0.717, 1.165) is 13.1 Å². The fraction of sp³-hybridized carbons (Fsp3) is 0.353. The SMILES string of the molecule is CC(C)N(CCC(=O)c1ccco1)Cc1ccccc1. The Morgan fingerprint density at radius 3 is 2.50 bits per heavy atom. The first-order chi connectivity index (χ1) is 9.66. The molecule has 0 unspecified atom stereocenters. The summed E-state index contributed by atoms with van der Waals surface area (Å²) in [6, 6.07) is 14.2. The van der Waals surface area contributed by atoms with E-state index in [0.29, 0.717) is 18.2 Å². The van der Waals surface area contributed by atoms with Gasteiger partial charge in [-0.3, -0.25) is 9.69 Å². The molecule has 0 saturated carbocycles. The number of hydrogen-bond donors (Lipinski definition) is 0. The van der Waals surface area contributed by atoms with Crippen LogP contribution in [-0.4, -0.2) is 23.3 Å². The molecule has 0 N–H and O–H groups in total. The van der Waals surface area contributed by atoms with Crippen molar-refractivity contribution in [3.05, 3.63) is 60.1 Å². The Morgan fingerprint density at radius 2 is 1.90 bits per heavy atom. The lowest BCUT2D eigenvalue weighted by molar-refractivity contribution is 0.0925. The van der Waals surface area contributed by atoms with Gasteiger partial charge in [-0.2, -0.15) is 0 Å². The van der Waals surface area contributed by atoms with Gasteiger partial charge in [-0.1, -0.05) is 30.3 Å². The fourth-order valence-electron chi connectivity index (χ4n) is 2.14. The van der Waals surface area contributed by atoms with E-state index < -0.39 is 0 Å². The van der Waals surface area contributed by atoms with E-state index in [2.05, 4.69) is 30.9 Å². The molecule has 3 nitrogen and oxygen atoms in total. The van der Waals surface area contributed by atoms with Crippen LogP contribution in [0.2, 0.25) is 0 Å². The molecule has 1 heterocycles. The predicted molar refractivity (Wildman–Crippen MR) is 79.6 cm³/mol. The quantitative estimate of drug-likeness (QED) is 0.719. The number of furan rings is 1. The second-order valence-electron chi connectivity index (χ2n) is 5.20. The van der Waals surface area contributed by atoms with Crippen LogP contribution in [0.3, 0.4) is 0 Å². The van der Waals surface area contributed by atoms with Gasteiger partial charge in [0, 0.05) is 25.6 Å². The van der Waals surface area contributed by atoms with Crippen molar-refractivity contribution < 1.29 is 9.21 Å². The zero-order valence-electron chi connectivity index (χ0n) is 12.1. The fourth-order valence-corrected chi connectivity index (χ4v) is 2.14. The van der Waals surface area contributed by atoms with Gasteiger partial charge in [-0.15, -0.1) is 0 Å². The first kappa shape index (κ1) is 14.5. The van der Waals surface area contributed by atoms with Crippen molar-refractivity contribution >= 4 is 5.78 Å². The molecule has 1 aromatic heterocycles. The van der Waals surface area contributed by atoms with E-state index in [1.807, 2.05) is 18.2 Å². The maximum atomic E-state index is 12.0. The highest BCUT2D eigenvalue weighted by Gasteiger charge is 2.14. The zero-order valence-corrected chi connectivity index (χ0v) is 12.1. The van der Waals surface area contributed by atoms with Crippen molar-refractivity contribution in [2.24, 2.45) is 0 Å². The number of benzene rings is 1. The number of carbonyl (C=O) groups excluding carboxylic acids is 1. The number of carbonyl (C=O) groups is 1. The van der Waals surface area contributed by atoms with Gasteiger partial charge in [0.2, 0.25) is 0 Å². The first-order valence-electron chi connectivity index (χ1n) is 7.01. The molecule has 0 radical (unpaired) electrons. The van der Waals surface area contributed by atoms with Crippen molar-refractivity contribution in [1.29, 1.82) is 0 Å². The summed E-state index contributed by atoms with van der Waals surface area (Å²) in [6.45, 7) is 5.91. The summed E-state index contributed by atoms with van der Waals surface area (Å²) in [5, 5.41) is 0. The van der Waals surface area contributed by atoms with Gasteiger partial charge in [0.15, 0.2) is 11.5 Å². The van der Waals surface area contributed by atoms with E-state index in [4.69, 9.17) is 4.42 Å². The van der Waals surface area contributed by atoms with Crippen LogP contribution in [0, 0.1) is 0 Å². The van der Waals surface area contributed by atoms with E-state index in [1.54, 1.807) is 12.1 Å². The molecular weight excluding hydrogens is 250 g/mol. The molecule has 0 atom stereocenters. The number of nitrogens with zero attached hydrogens (tertiary/aromatic N) is 1. The molecule has 2 aromatic rings. The monoisotopic (exact) mass is 271 g/mol. The Hall–Kier alpha value is -1.87. The summed E-state index contributed by atoms with van der Waals surface area (Å²) < 4.78 is 5.14. The molecule has 20 heavy (non-hydrogen) atoms. The van der Waals surface area contributed by atoms with E-state index >= 15 is 0 Å². The largest absolute Gasteiger partial charge is 0.461 e. The Morgan fingerprint density at radius 1 is 1.15 bits per heavy atom. The van der Waals surface area contributed by atoms with E-state index in [-0.39, 0.29) is 5.78 Å².